The van der Waals surface area contributed by atoms with Crippen molar-refractivity contribution in [1.82, 2.24) is 0 Å². The van der Waals surface area contributed by atoms with Crippen LogP contribution in [0.3, 0.4) is 0 Å². The lowest BCUT2D eigenvalue weighted by atomic mass is 10.0. The van der Waals surface area contributed by atoms with Gasteiger partial charge in [-0.3, -0.25) is 9.59 Å². The van der Waals surface area contributed by atoms with Crippen LogP contribution in [0, 0.1) is 5.92 Å². The van der Waals surface area contributed by atoms with Crippen LogP contribution < -0.4 is 0 Å². The van der Waals surface area contributed by atoms with Gasteiger partial charge in [0.05, 0.1) is 0 Å². The van der Waals surface area contributed by atoms with E-state index in [4.69, 9.17) is 0 Å². The second-order valence-electron chi connectivity index (χ2n) is 4.17. The van der Waals surface area contributed by atoms with Gasteiger partial charge in [-0.25, -0.2) is 0 Å². The van der Waals surface area contributed by atoms with Crippen LogP contribution in [0.5, 0.6) is 0 Å². The molecular formula is C14H20O3. The number of carbonyl (C=O) groups is 2. The normalized spacial score (nSPS) is 9.24. The van der Waals surface area contributed by atoms with Gasteiger partial charge in [0, 0.05) is 13.8 Å². The average Bonchev–Trinajstić information content (AvgIpc) is 2.16. The smallest absolute Gasteiger partial charge is 0.310 e. The highest BCUT2D eigenvalue weighted by Crippen LogP contribution is 2.05. The molecule has 1 aromatic carbocycles. The van der Waals surface area contributed by atoms with Crippen LogP contribution in [-0.4, -0.2) is 11.9 Å². The van der Waals surface area contributed by atoms with Crippen molar-refractivity contribution in [3.8, 4) is 0 Å². The maximum absolute atomic E-state index is 9.81. The molecule has 0 unspecified atom stereocenters. The molecule has 0 radical (unpaired) electrons. The van der Waals surface area contributed by atoms with Crippen LogP contribution in [0.2, 0.25) is 0 Å². The van der Waals surface area contributed by atoms with E-state index in [9.17, 15) is 9.59 Å². The Kier molecular flexibility index (Phi) is 7.68. The molecule has 0 aromatic heterocycles. The van der Waals surface area contributed by atoms with Gasteiger partial charge >= 0.3 is 11.9 Å². The van der Waals surface area contributed by atoms with Crippen LogP contribution >= 0.6 is 0 Å². The SMILES string of the molecule is CC(=O)OC(C)=O.CC(C)Cc1ccccc1. The highest BCUT2D eigenvalue weighted by molar-refractivity contribution is 5.82. The molecule has 0 aliphatic rings. The fourth-order valence-electron chi connectivity index (χ4n) is 1.29. The Morgan fingerprint density at radius 3 is 1.82 bits per heavy atom. The summed E-state index contributed by atoms with van der Waals surface area (Å²) >= 11 is 0. The molecule has 0 aliphatic heterocycles. The van der Waals surface area contributed by atoms with E-state index >= 15 is 0 Å². The molecule has 0 N–H and O–H groups in total. The Morgan fingerprint density at radius 2 is 1.53 bits per heavy atom. The van der Waals surface area contributed by atoms with E-state index in [2.05, 4.69) is 48.9 Å². The topological polar surface area (TPSA) is 43.4 Å². The third-order valence-corrected chi connectivity index (χ3v) is 1.77. The summed E-state index contributed by atoms with van der Waals surface area (Å²) in [6, 6.07) is 10.6. The third-order valence-electron chi connectivity index (χ3n) is 1.77. The maximum Gasteiger partial charge on any atom is 0.310 e. The van der Waals surface area contributed by atoms with Crippen molar-refractivity contribution in [1.29, 1.82) is 0 Å². The van der Waals surface area contributed by atoms with E-state index in [0.717, 1.165) is 5.92 Å². The molecule has 0 amide bonds. The Morgan fingerprint density at radius 1 is 1.06 bits per heavy atom. The lowest BCUT2D eigenvalue weighted by Gasteiger charge is -2.02. The predicted molar refractivity (Wildman–Crippen MR) is 67.4 cm³/mol. The van der Waals surface area contributed by atoms with Crippen molar-refractivity contribution >= 4 is 11.9 Å². The summed E-state index contributed by atoms with van der Waals surface area (Å²) in [6.45, 7) is 6.85. The molecule has 0 aliphatic carbocycles. The zero-order valence-corrected chi connectivity index (χ0v) is 10.9. The molecule has 0 fully saturated rings. The monoisotopic (exact) mass is 236 g/mol. The van der Waals surface area contributed by atoms with Crippen LogP contribution in [0.15, 0.2) is 30.3 Å². The Hall–Kier alpha value is -1.64. The zero-order valence-electron chi connectivity index (χ0n) is 10.9. The van der Waals surface area contributed by atoms with Gasteiger partial charge in [-0.1, -0.05) is 44.2 Å². The molecule has 0 spiro atoms. The molecule has 0 bridgehead atoms. The Labute approximate surface area is 103 Å². The predicted octanol–water partition coefficient (Wildman–Crippen LogP) is 2.98. The minimum atomic E-state index is -0.562. The summed E-state index contributed by atoms with van der Waals surface area (Å²) in [5, 5.41) is 0. The van der Waals surface area contributed by atoms with E-state index in [-0.39, 0.29) is 0 Å². The maximum atomic E-state index is 9.81. The van der Waals surface area contributed by atoms with Gasteiger partial charge in [0.15, 0.2) is 0 Å². The van der Waals surface area contributed by atoms with E-state index in [0.29, 0.717) is 0 Å². The summed E-state index contributed by atoms with van der Waals surface area (Å²) < 4.78 is 3.97. The van der Waals surface area contributed by atoms with Gasteiger partial charge in [0.1, 0.15) is 0 Å². The van der Waals surface area contributed by atoms with Crippen LogP contribution in [0.25, 0.3) is 0 Å². The van der Waals surface area contributed by atoms with E-state index in [1.54, 1.807) is 0 Å². The Bertz CT molecular complexity index is 330. The quantitative estimate of drug-likeness (QED) is 0.585. The number of hydrogen-bond donors (Lipinski definition) is 0. The summed E-state index contributed by atoms with van der Waals surface area (Å²) in [6.07, 6.45) is 1.20. The van der Waals surface area contributed by atoms with Gasteiger partial charge in [0.2, 0.25) is 0 Å². The van der Waals surface area contributed by atoms with E-state index in [1.165, 1.54) is 25.8 Å². The molecule has 3 nitrogen and oxygen atoms in total. The van der Waals surface area contributed by atoms with Crippen molar-refractivity contribution in [2.75, 3.05) is 0 Å². The number of rotatable bonds is 2. The molecule has 0 saturated carbocycles. The highest BCUT2D eigenvalue weighted by atomic mass is 16.6. The second-order valence-corrected chi connectivity index (χ2v) is 4.17. The van der Waals surface area contributed by atoms with Crippen LogP contribution in [0.1, 0.15) is 33.3 Å². The molecule has 0 saturated heterocycles. The molecule has 94 valence electrons. The fraction of sp³-hybridized carbons (Fsp3) is 0.429. The highest BCUT2D eigenvalue weighted by Gasteiger charge is 1.94. The van der Waals surface area contributed by atoms with Gasteiger partial charge in [0.25, 0.3) is 0 Å². The molecular weight excluding hydrogens is 216 g/mol. The Balaban J connectivity index is 0.000000325. The van der Waals surface area contributed by atoms with E-state index in [1.807, 2.05) is 0 Å². The molecule has 1 rings (SSSR count). The summed E-state index contributed by atoms with van der Waals surface area (Å²) in [5.74, 6) is -0.359. The number of benzene rings is 1. The summed E-state index contributed by atoms with van der Waals surface area (Å²) in [5.41, 5.74) is 1.44. The first-order chi connectivity index (χ1) is 7.91. The number of esters is 2. The van der Waals surface area contributed by atoms with Crippen molar-refractivity contribution in [2.24, 2.45) is 5.92 Å². The summed E-state index contributed by atoms with van der Waals surface area (Å²) in [7, 11) is 0. The van der Waals surface area contributed by atoms with Gasteiger partial charge in [-0.15, -0.1) is 0 Å². The van der Waals surface area contributed by atoms with Gasteiger partial charge in [-0.05, 0) is 17.9 Å². The van der Waals surface area contributed by atoms with Crippen molar-refractivity contribution in [2.45, 2.75) is 34.1 Å². The number of hydrogen-bond acceptors (Lipinski definition) is 3. The largest absolute Gasteiger partial charge is 0.394 e. The molecule has 0 atom stereocenters. The minimum absolute atomic E-state index is 0.562. The first-order valence-corrected chi connectivity index (χ1v) is 5.64. The van der Waals surface area contributed by atoms with Crippen molar-refractivity contribution < 1.29 is 14.3 Å². The average molecular weight is 236 g/mol. The molecule has 17 heavy (non-hydrogen) atoms. The standard InChI is InChI=1S/C10H14.C4H6O3/c1-9(2)8-10-6-4-3-5-7-10;1-3(5)7-4(2)6/h3-7,9H,8H2,1-2H3;1-2H3. The lowest BCUT2D eigenvalue weighted by molar-refractivity contribution is -0.156. The third kappa shape index (κ3) is 10.6. The van der Waals surface area contributed by atoms with Crippen molar-refractivity contribution in [3.63, 3.8) is 0 Å². The minimum Gasteiger partial charge on any atom is -0.394 e. The first kappa shape index (κ1) is 15.4. The second kappa shape index (κ2) is 8.50. The van der Waals surface area contributed by atoms with Gasteiger partial charge in [-0.2, -0.15) is 0 Å². The van der Waals surface area contributed by atoms with Crippen LogP contribution in [0.4, 0.5) is 0 Å². The number of ether oxygens (including phenoxy) is 1. The first-order valence-electron chi connectivity index (χ1n) is 5.64. The molecule has 0 heterocycles. The zero-order chi connectivity index (χ0) is 13.3. The molecule has 1 aromatic rings. The van der Waals surface area contributed by atoms with Gasteiger partial charge < -0.3 is 4.74 Å². The van der Waals surface area contributed by atoms with Crippen molar-refractivity contribution in [3.05, 3.63) is 35.9 Å². The van der Waals surface area contributed by atoms with Crippen LogP contribution in [-0.2, 0) is 20.7 Å². The van der Waals surface area contributed by atoms with E-state index < -0.39 is 11.9 Å². The fourth-order valence-corrected chi connectivity index (χ4v) is 1.29. The molecule has 3 heteroatoms. The lowest BCUT2D eigenvalue weighted by Crippen LogP contribution is -2.03. The summed E-state index contributed by atoms with van der Waals surface area (Å²) in [4.78, 5) is 19.6. The number of carbonyl (C=O) groups excluding carboxylic acids is 2.